The lowest BCUT2D eigenvalue weighted by molar-refractivity contribution is -0.139. The molecule has 1 aromatic carbocycles. The standard InChI is InChI=1S/C30H34FN3O6S/c1-17(2)29-24(12-11-20(35)15-21(36)16-27(37)38)28(18-7-9-19(31)10-8-18)23-5-4-6-25-22(30(23)33-29)13-14-26(32-25)34-41(3,39)40/h7-14,17,20-21,35-36H,4-6,15-16H2,1-3H3,(H,32,34)(H,37,38)/b12-11+/t20-,21-/m1/s1. The number of fused-ring (bicyclic) bond motifs is 3. The number of sulfonamides is 1. The molecule has 4 N–H and O–H groups in total. The Kier molecular flexibility index (Phi) is 9.21. The Bertz CT molecular complexity index is 1570. The number of benzene rings is 1. The minimum atomic E-state index is -3.50. The van der Waals surface area contributed by atoms with E-state index in [1.54, 1.807) is 24.3 Å². The maximum Gasteiger partial charge on any atom is 0.305 e. The highest BCUT2D eigenvalue weighted by atomic mass is 32.2. The van der Waals surface area contributed by atoms with Gasteiger partial charge in [-0.05, 0) is 66.1 Å². The van der Waals surface area contributed by atoms with E-state index in [9.17, 15) is 27.8 Å². The first-order valence-corrected chi connectivity index (χ1v) is 15.3. The van der Waals surface area contributed by atoms with Gasteiger partial charge in [0.1, 0.15) is 11.6 Å². The summed E-state index contributed by atoms with van der Waals surface area (Å²) in [5.41, 5.74) is 6.20. The van der Waals surface area contributed by atoms with Gasteiger partial charge in [0, 0.05) is 17.5 Å². The number of aliphatic hydroxyl groups excluding tert-OH is 2. The zero-order chi connectivity index (χ0) is 29.9. The molecule has 1 aliphatic carbocycles. The number of hydrogen-bond donors (Lipinski definition) is 4. The third-order valence-corrected chi connectivity index (χ3v) is 7.39. The number of aliphatic carboxylic acids is 1. The van der Waals surface area contributed by atoms with Crippen molar-refractivity contribution in [3.8, 4) is 22.4 Å². The van der Waals surface area contributed by atoms with Gasteiger partial charge in [0.15, 0.2) is 0 Å². The number of carbonyl (C=O) groups is 1. The number of hydrogen-bond acceptors (Lipinski definition) is 7. The third-order valence-electron chi connectivity index (χ3n) is 6.81. The SMILES string of the molecule is CC(C)c1nc2c(c(-c3ccc(F)cc3)c1/C=C/[C@@H](O)C[C@@H](O)CC(=O)O)CCCc1nc(NS(C)(=O)=O)ccc1-2. The summed E-state index contributed by atoms with van der Waals surface area (Å²) in [7, 11) is -3.50. The molecule has 1 aliphatic rings. The Balaban J connectivity index is 1.90. The van der Waals surface area contributed by atoms with Crippen LogP contribution in [-0.4, -0.2) is 58.1 Å². The van der Waals surface area contributed by atoms with Crippen molar-refractivity contribution in [2.24, 2.45) is 0 Å². The molecule has 3 aromatic rings. The van der Waals surface area contributed by atoms with Crippen molar-refractivity contribution < 1.29 is 32.9 Å². The highest BCUT2D eigenvalue weighted by Gasteiger charge is 2.26. The third kappa shape index (κ3) is 7.55. The largest absolute Gasteiger partial charge is 0.481 e. The van der Waals surface area contributed by atoms with Gasteiger partial charge in [-0.2, -0.15) is 0 Å². The van der Waals surface area contributed by atoms with E-state index in [4.69, 9.17) is 10.1 Å². The molecule has 0 aliphatic heterocycles. The van der Waals surface area contributed by atoms with Crippen LogP contribution < -0.4 is 4.72 Å². The summed E-state index contributed by atoms with van der Waals surface area (Å²) in [6, 6.07) is 9.59. The molecular weight excluding hydrogens is 549 g/mol. The predicted octanol–water partition coefficient (Wildman–Crippen LogP) is 4.53. The summed E-state index contributed by atoms with van der Waals surface area (Å²) in [5.74, 6) is -1.35. The van der Waals surface area contributed by atoms with Crippen LogP contribution in [0.25, 0.3) is 28.5 Å². The van der Waals surface area contributed by atoms with Crippen LogP contribution >= 0.6 is 0 Å². The van der Waals surface area contributed by atoms with E-state index in [-0.39, 0.29) is 24.0 Å². The zero-order valence-corrected chi connectivity index (χ0v) is 23.9. The molecule has 218 valence electrons. The van der Waals surface area contributed by atoms with Crippen LogP contribution in [0.2, 0.25) is 0 Å². The summed E-state index contributed by atoms with van der Waals surface area (Å²) >= 11 is 0. The highest BCUT2D eigenvalue weighted by molar-refractivity contribution is 7.92. The first-order valence-electron chi connectivity index (χ1n) is 13.4. The number of halogens is 1. The van der Waals surface area contributed by atoms with Crippen molar-refractivity contribution in [2.75, 3.05) is 11.0 Å². The Morgan fingerprint density at radius 1 is 1.10 bits per heavy atom. The van der Waals surface area contributed by atoms with Crippen molar-refractivity contribution in [2.45, 2.75) is 64.1 Å². The number of nitrogens with one attached hydrogen (secondary N) is 1. The van der Waals surface area contributed by atoms with Crippen molar-refractivity contribution in [1.82, 2.24) is 9.97 Å². The van der Waals surface area contributed by atoms with Crippen LogP contribution in [0.15, 0.2) is 42.5 Å². The summed E-state index contributed by atoms with van der Waals surface area (Å²) in [6.07, 6.45) is 3.32. The second-order valence-corrected chi connectivity index (χ2v) is 12.4. The van der Waals surface area contributed by atoms with E-state index in [1.165, 1.54) is 18.2 Å². The monoisotopic (exact) mass is 583 g/mol. The van der Waals surface area contributed by atoms with E-state index >= 15 is 0 Å². The average Bonchev–Trinajstić information content (AvgIpc) is 3.04. The predicted molar refractivity (Wildman–Crippen MR) is 155 cm³/mol. The number of rotatable bonds is 10. The van der Waals surface area contributed by atoms with Gasteiger partial charge in [0.05, 0.1) is 42.0 Å². The van der Waals surface area contributed by atoms with Crippen LogP contribution in [0.1, 0.15) is 61.5 Å². The normalized spacial score (nSPS) is 14.8. The molecule has 41 heavy (non-hydrogen) atoms. The average molecular weight is 584 g/mol. The van der Waals surface area contributed by atoms with Crippen LogP contribution in [0.3, 0.4) is 0 Å². The first-order chi connectivity index (χ1) is 19.3. The van der Waals surface area contributed by atoms with Gasteiger partial charge in [-0.15, -0.1) is 0 Å². The Labute approximate surface area is 238 Å². The molecule has 0 bridgehead atoms. The highest BCUT2D eigenvalue weighted by Crippen LogP contribution is 2.42. The number of pyridine rings is 2. The van der Waals surface area contributed by atoms with Crippen LogP contribution in [0, 0.1) is 5.82 Å². The van der Waals surface area contributed by atoms with E-state index < -0.39 is 34.6 Å². The van der Waals surface area contributed by atoms with Gasteiger partial charge in [0.25, 0.3) is 0 Å². The maximum absolute atomic E-state index is 14.0. The van der Waals surface area contributed by atoms with Gasteiger partial charge >= 0.3 is 5.97 Å². The Hall–Kier alpha value is -3.67. The molecule has 0 unspecified atom stereocenters. The molecule has 4 rings (SSSR count). The number of nitrogens with zero attached hydrogens (tertiary/aromatic N) is 2. The molecule has 0 saturated heterocycles. The summed E-state index contributed by atoms with van der Waals surface area (Å²) in [4.78, 5) is 20.6. The molecule has 0 spiro atoms. The lowest BCUT2D eigenvalue weighted by Crippen LogP contribution is -2.19. The summed E-state index contributed by atoms with van der Waals surface area (Å²) in [6.45, 7) is 3.98. The number of aromatic nitrogens is 2. The van der Waals surface area contributed by atoms with Gasteiger partial charge in [-0.25, -0.2) is 17.8 Å². The fourth-order valence-corrected chi connectivity index (χ4v) is 5.61. The van der Waals surface area contributed by atoms with Crippen molar-refractivity contribution >= 4 is 27.9 Å². The maximum atomic E-state index is 14.0. The van der Waals surface area contributed by atoms with Crippen molar-refractivity contribution in [3.05, 3.63) is 70.8 Å². The second kappa shape index (κ2) is 12.5. The van der Waals surface area contributed by atoms with E-state index in [0.29, 0.717) is 25.0 Å². The molecule has 2 heterocycles. The number of carboxylic acid groups (broad SMARTS) is 1. The van der Waals surface area contributed by atoms with Crippen LogP contribution in [-0.2, 0) is 27.7 Å². The van der Waals surface area contributed by atoms with E-state index in [2.05, 4.69) is 9.71 Å². The van der Waals surface area contributed by atoms with Crippen molar-refractivity contribution in [1.29, 1.82) is 0 Å². The Morgan fingerprint density at radius 2 is 1.80 bits per heavy atom. The minimum Gasteiger partial charge on any atom is -0.481 e. The molecular formula is C30H34FN3O6S. The molecule has 0 saturated carbocycles. The molecule has 9 nitrogen and oxygen atoms in total. The van der Waals surface area contributed by atoms with Gasteiger partial charge in [-0.1, -0.05) is 38.1 Å². The van der Waals surface area contributed by atoms with Gasteiger partial charge in [0.2, 0.25) is 10.0 Å². The van der Waals surface area contributed by atoms with Gasteiger partial charge < -0.3 is 15.3 Å². The molecule has 0 radical (unpaired) electrons. The molecule has 11 heteroatoms. The van der Waals surface area contributed by atoms with Crippen molar-refractivity contribution in [3.63, 3.8) is 0 Å². The zero-order valence-electron chi connectivity index (χ0n) is 23.1. The lowest BCUT2D eigenvalue weighted by atomic mass is 9.86. The fourth-order valence-electron chi connectivity index (χ4n) is 5.11. The number of aryl methyl sites for hydroxylation is 1. The fraction of sp³-hybridized carbons (Fsp3) is 0.367. The number of carboxylic acids is 1. The summed E-state index contributed by atoms with van der Waals surface area (Å²) in [5, 5.41) is 29.5. The topological polar surface area (TPSA) is 150 Å². The van der Waals surface area contributed by atoms with E-state index in [1.807, 2.05) is 19.9 Å². The van der Waals surface area contributed by atoms with Crippen LogP contribution in [0.4, 0.5) is 10.2 Å². The summed E-state index contributed by atoms with van der Waals surface area (Å²) < 4.78 is 39.9. The molecule has 2 aromatic heterocycles. The second-order valence-electron chi connectivity index (χ2n) is 10.6. The molecule has 0 amide bonds. The van der Waals surface area contributed by atoms with E-state index in [0.717, 1.165) is 45.5 Å². The van der Waals surface area contributed by atoms with Crippen LogP contribution in [0.5, 0.6) is 0 Å². The number of aliphatic hydroxyl groups is 2. The first kappa shape index (κ1) is 30.3. The lowest BCUT2D eigenvalue weighted by Gasteiger charge is -2.22. The Morgan fingerprint density at radius 3 is 2.44 bits per heavy atom. The molecule has 0 fully saturated rings. The smallest absolute Gasteiger partial charge is 0.305 e. The minimum absolute atomic E-state index is 0.0558. The number of anilines is 1. The van der Waals surface area contributed by atoms with Gasteiger partial charge in [-0.3, -0.25) is 14.5 Å². The quantitative estimate of drug-likeness (QED) is 0.272. The molecule has 2 atom stereocenters.